The summed E-state index contributed by atoms with van der Waals surface area (Å²) in [7, 11) is 0. The number of aryl methyl sites for hydroxylation is 1. The van der Waals surface area contributed by atoms with Crippen LogP contribution in [0.25, 0.3) is 11.4 Å². The molecule has 0 spiro atoms. The Bertz CT molecular complexity index is 658. The van der Waals surface area contributed by atoms with Gasteiger partial charge in [0, 0.05) is 44.9 Å². The molecule has 0 radical (unpaired) electrons. The number of amides is 1. The summed E-state index contributed by atoms with van der Waals surface area (Å²) < 4.78 is 1.92. The van der Waals surface area contributed by atoms with Crippen LogP contribution in [0.5, 0.6) is 0 Å². The van der Waals surface area contributed by atoms with Gasteiger partial charge in [-0.2, -0.15) is 5.10 Å². The van der Waals surface area contributed by atoms with Gasteiger partial charge in [0.2, 0.25) is 5.91 Å². The highest BCUT2D eigenvalue weighted by Crippen LogP contribution is 2.27. The maximum Gasteiger partial charge on any atom is 0.219 e. The summed E-state index contributed by atoms with van der Waals surface area (Å²) in [6.45, 7) is 6.11. The summed E-state index contributed by atoms with van der Waals surface area (Å²) in [6.07, 6.45) is 7.33. The summed E-state index contributed by atoms with van der Waals surface area (Å²) in [6, 6.07) is 1.97. The lowest BCUT2D eigenvalue weighted by Gasteiger charge is -2.30. The van der Waals surface area contributed by atoms with E-state index in [2.05, 4.69) is 17.0 Å². The standard InChI is InChI=1S/C16H21N5O/c1-3-21-16(4-7-18-21)15-11-17-10-14(19-15)13-5-8-20(9-6-13)12(2)22/h4,7,10-11,13H,3,5-6,8-9H2,1-2H3. The first-order valence-electron chi connectivity index (χ1n) is 7.78. The highest BCUT2D eigenvalue weighted by molar-refractivity contribution is 5.73. The Morgan fingerprint density at radius 2 is 2.09 bits per heavy atom. The van der Waals surface area contributed by atoms with E-state index in [0.29, 0.717) is 5.92 Å². The number of likely N-dealkylation sites (tertiary alicyclic amines) is 1. The Balaban J connectivity index is 1.79. The van der Waals surface area contributed by atoms with Crippen molar-refractivity contribution in [3.8, 4) is 11.4 Å². The molecule has 0 N–H and O–H groups in total. The Kier molecular flexibility index (Phi) is 4.18. The van der Waals surface area contributed by atoms with Crippen molar-refractivity contribution in [2.45, 2.75) is 39.2 Å². The third-order valence-corrected chi connectivity index (χ3v) is 4.29. The first-order valence-corrected chi connectivity index (χ1v) is 7.78. The van der Waals surface area contributed by atoms with Crippen LogP contribution in [0.15, 0.2) is 24.7 Å². The highest BCUT2D eigenvalue weighted by atomic mass is 16.2. The van der Waals surface area contributed by atoms with Crippen molar-refractivity contribution < 1.29 is 4.79 Å². The van der Waals surface area contributed by atoms with E-state index in [1.807, 2.05) is 21.8 Å². The molecule has 0 atom stereocenters. The Morgan fingerprint density at radius 1 is 1.32 bits per heavy atom. The van der Waals surface area contributed by atoms with E-state index in [0.717, 1.165) is 49.6 Å². The number of rotatable bonds is 3. The number of aromatic nitrogens is 4. The van der Waals surface area contributed by atoms with Crippen LogP contribution in [-0.4, -0.2) is 43.6 Å². The van der Waals surface area contributed by atoms with E-state index in [9.17, 15) is 4.79 Å². The number of hydrogen-bond donors (Lipinski definition) is 0. The summed E-state index contributed by atoms with van der Waals surface area (Å²) in [5, 5.41) is 4.29. The average Bonchev–Trinajstić information content (AvgIpc) is 3.04. The zero-order valence-electron chi connectivity index (χ0n) is 13.1. The van der Waals surface area contributed by atoms with Gasteiger partial charge in [-0.05, 0) is 25.8 Å². The molecule has 22 heavy (non-hydrogen) atoms. The van der Waals surface area contributed by atoms with E-state index in [1.165, 1.54) is 0 Å². The second-order valence-electron chi connectivity index (χ2n) is 5.64. The van der Waals surface area contributed by atoms with Crippen LogP contribution >= 0.6 is 0 Å². The van der Waals surface area contributed by atoms with Crippen molar-refractivity contribution in [2.75, 3.05) is 13.1 Å². The van der Waals surface area contributed by atoms with Crippen molar-refractivity contribution in [3.05, 3.63) is 30.4 Å². The molecule has 116 valence electrons. The third kappa shape index (κ3) is 2.86. The fourth-order valence-corrected chi connectivity index (χ4v) is 2.99. The first-order chi connectivity index (χ1) is 10.7. The lowest BCUT2D eigenvalue weighted by Crippen LogP contribution is -2.36. The van der Waals surface area contributed by atoms with Gasteiger partial charge in [-0.3, -0.25) is 14.5 Å². The zero-order chi connectivity index (χ0) is 15.5. The van der Waals surface area contributed by atoms with Crippen molar-refractivity contribution in [1.29, 1.82) is 0 Å². The van der Waals surface area contributed by atoms with Gasteiger partial charge in [-0.15, -0.1) is 0 Å². The second-order valence-corrected chi connectivity index (χ2v) is 5.64. The van der Waals surface area contributed by atoms with E-state index >= 15 is 0 Å². The molecule has 6 heteroatoms. The summed E-state index contributed by atoms with van der Waals surface area (Å²) >= 11 is 0. The van der Waals surface area contributed by atoms with Crippen LogP contribution in [0.4, 0.5) is 0 Å². The maximum absolute atomic E-state index is 11.4. The molecule has 6 nitrogen and oxygen atoms in total. The molecule has 2 aromatic rings. The van der Waals surface area contributed by atoms with E-state index in [-0.39, 0.29) is 5.91 Å². The van der Waals surface area contributed by atoms with E-state index in [4.69, 9.17) is 4.98 Å². The number of hydrogen-bond acceptors (Lipinski definition) is 4. The molecule has 1 aliphatic heterocycles. The molecule has 1 saturated heterocycles. The molecule has 3 rings (SSSR count). The second kappa shape index (κ2) is 6.25. The van der Waals surface area contributed by atoms with Crippen LogP contribution < -0.4 is 0 Å². The van der Waals surface area contributed by atoms with Gasteiger partial charge in [0.15, 0.2) is 0 Å². The molecule has 3 heterocycles. The van der Waals surface area contributed by atoms with Crippen LogP contribution in [0.1, 0.15) is 38.3 Å². The fourth-order valence-electron chi connectivity index (χ4n) is 2.99. The Hall–Kier alpha value is -2.24. The molecule has 0 aliphatic carbocycles. The molecule has 1 aliphatic rings. The molecular formula is C16H21N5O. The molecule has 1 fully saturated rings. The predicted molar refractivity (Wildman–Crippen MR) is 83.2 cm³/mol. The average molecular weight is 299 g/mol. The van der Waals surface area contributed by atoms with Crippen LogP contribution in [0, 0.1) is 0 Å². The predicted octanol–water partition coefficient (Wildman–Crippen LogP) is 2.09. The fraction of sp³-hybridized carbons (Fsp3) is 0.500. The first kappa shape index (κ1) is 14.7. The van der Waals surface area contributed by atoms with E-state index in [1.54, 1.807) is 19.3 Å². The van der Waals surface area contributed by atoms with Gasteiger partial charge in [-0.25, -0.2) is 4.98 Å². The van der Waals surface area contributed by atoms with Gasteiger partial charge in [0.05, 0.1) is 17.6 Å². The van der Waals surface area contributed by atoms with Gasteiger partial charge in [-0.1, -0.05) is 0 Å². The van der Waals surface area contributed by atoms with Crippen LogP contribution in [-0.2, 0) is 11.3 Å². The molecular weight excluding hydrogens is 278 g/mol. The molecule has 0 aromatic carbocycles. The molecule has 0 unspecified atom stereocenters. The topological polar surface area (TPSA) is 63.9 Å². The number of piperidine rings is 1. The van der Waals surface area contributed by atoms with E-state index < -0.39 is 0 Å². The molecule has 0 saturated carbocycles. The molecule has 2 aromatic heterocycles. The number of carbonyl (C=O) groups is 1. The smallest absolute Gasteiger partial charge is 0.219 e. The SMILES string of the molecule is CCn1nccc1-c1cncc(C2CCN(C(C)=O)CC2)n1. The number of nitrogens with zero attached hydrogens (tertiary/aromatic N) is 5. The van der Waals surface area contributed by atoms with Crippen molar-refractivity contribution in [1.82, 2.24) is 24.6 Å². The van der Waals surface area contributed by atoms with Gasteiger partial charge in [0.1, 0.15) is 5.69 Å². The minimum absolute atomic E-state index is 0.158. The lowest BCUT2D eigenvalue weighted by molar-refractivity contribution is -0.129. The largest absolute Gasteiger partial charge is 0.343 e. The molecule has 1 amide bonds. The van der Waals surface area contributed by atoms with Crippen LogP contribution in [0.3, 0.4) is 0 Å². The minimum Gasteiger partial charge on any atom is -0.343 e. The highest BCUT2D eigenvalue weighted by Gasteiger charge is 2.23. The van der Waals surface area contributed by atoms with Gasteiger partial charge < -0.3 is 4.90 Å². The van der Waals surface area contributed by atoms with Gasteiger partial charge >= 0.3 is 0 Å². The van der Waals surface area contributed by atoms with Gasteiger partial charge in [0.25, 0.3) is 0 Å². The van der Waals surface area contributed by atoms with Crippen molar-refractivity contribution >= 4 is 5.91 Å². The summed E-state index contributed by atoms with van der Waals surface area (Å²) in [4.78, 5) is 22.5. The Morgan fingerprint density at radius 3 is 2.77 bits per heavy atom. The lowest BCUT2D eigenvalue weighted by atomic mass is 9.93. The summed E-state index contributed by atoms with van der Waals surface area (Å²) in [5.74, 6) is 0.534. The monoisotopic (exact) mass is 299 g/mol. The van der Waals surface area contributed by atoms with Crippen molar-refractivity contribution in [3.63, 3.8) is 0 Å². The third-order valence-electron chi connectivity index (χ3n) is 4.29. The quantitative estimate of drug-likeness (QED) is 0.870. The van der Waals surface area contributed by atoms with Crippen LogP contribution in [0.2, 0.25) is 0 Å². The Labute approximate surface area is 130 Å². The van der Waals surface area contributed by atoms with Crippen molar-refractivity contribution in [2.24, 2.45) is 0 Å². The zero-order valence-corrected chi connectivity index (χ0v) is 13.1. The maximum atomic E-state index is 11.4. The summed E-state index contributed by atoms with van der Waals surface area (Å²) in [5.41, 5.74) is 2.88. The minimum atomic E-state index is 0.158. The number of carbonyl (C=O) groups excluding carboxylic acids is 1. The normalized spacial score (nSPS) is 16.0. The molecule has 0 bridgehead atoms.